The van der Waals surface area contributed by atoms with Crippen LogP contribution in [0.2, 0.25) is 0 Å². The Hall–Kier alpha value is -1.89. The van der Waals surface area contributed by atoms with Crippen LogP contribution >= 0.6 is 11.8 Å². The number of hydrogen-bond donors (Lipinski definition) is 3. The lowest BCUT2D eigenvalue weighted by atomic mass is 10.2. The number of carbonyl (C=O) groups excluding carboxylic acids is 2. The standard InChI is InChI=1S/C11H13N3O3S/c1-17-9-4-6(2-3-7(9)12)13-10(15)8-5-18-11(16)14-8/h2-4,8H,5,12H2,1H3,(H,13,15)(H,14,16). The second-order valence-corrected chi connectivity index (χ2v) is 4.73. The van der Waals surface area contributed by atoms with Crippen molar-refractivity contribution in [2.75, 3.05) is 23.9 Å². The van der Waals surface area contributed by atoms with E-state index >= 15 is 0 Å². The number of rotatable bonds is 3. The van der Waals surface area contributed by atoms with Crippen LogP contribution in [0.5, 0.6) is 5.75 Å². The third kappa shape index (κ3) is 2.67. The lowest BCUT2D eigenvalue weighted by Crippen LogP contribution is -2.38. The van der Waals surface area contributed by atoms with E-state index in [9.17, 15) is 9.59 Å². The number of nitrogens with two attached hydrogens (primary N) is 1. The summed E-state index contributed by atoms with van der Waals surface area (Å²) in [6.45, 7) is 0. The van der Waals surface area contributed by atoms with E-state index in [0.717, 1.165) is 11.8 Å². The number of nitrogen functional groups attached to an aromatic ring is 1. The number of methoxy groups -OCH3 is 1. The molecule has 1 heterocycles. The van der Waals surface area contributed by atoms with E-state index in [-0.39, 0.29) is 11.1 Å². The highest BCUT2D eigenvalue weighted by atomic mass is 32.2. The number of hydrogen-bond acceptors (Lipinski definition) is 5. The molecule has 0 bridgehead atoms. The molecule has 0 radical (unpaired) electrons. The van der Waals surface area contributed by atoms with Crippen LogP contribution in [-0.4, -0.2) is 30.1 Å². The molecule has 4 N–H and O–H groups in total. The van der Waals surface area contributed by atoms with Gasteiger partial charge in [-0.1, -0.05) is 11.8 Å². The molecule has 7 heteroatoms. The number of amides is 2. The number of carbonyl (C=O) groups is 2. The minimum atomic E-state index is -0.494. The molecular weight excluding hydrogens is 254 g/mol. The van der Waals surface area contributed by atoms with Crippen molar-refractivity contribution in [1.82, 2.24) is 5.32 Å². The molecule has 1 aliphatic rings. The van der Waals surface area contributed by atoms with Crippen molar-refractivity contribution in [3.63, 3.8) is 0 Å². The van der Waals surface area contributed by atoms with Crippen molar-refractivity contribution in [2.45, 2.75) is 6.04 Å². The third-order valence-electron chi connectivity index (χ3n) is 2.49. The van der Waals surface area contributed by atoms with Crippen LogP contribution in [0.3, 0.4) is 0 Å². The summed E-state index contributed by atoms with van der Waals surface area (Å²) in [7, 11) is 1.51. The second-order valence-electron chi connectivity index (χ2n) is 3.74. The topological polar surface area (TPSA) is 93.4 Å². The van der Waals surface area contributed by atoms with E-state index in [1.165, 1.54) is 7.11 Å². The predicted molar refractivity (Wildman–Crippen MR) is 70.8 cm³/mol. The highest BCUT2D eigenvalue weighted by molar-refractivity contribution is 8.14. The van der Waals surface area contributed by atoms with Gasteiger partial charge in [0.2, 0.25) is 5.91 Å². The van der Waals surface area contributed by atoms with Crippen LogP contribution < -0.4 is 21.1 Å². The molecule has 6 nitrogen and oxygen atoms in total. The summed E-state index contributed by atoms with van der Waals surface area (Å²) < 4.78 is 5.06. The minimum Gasteiger partial charge on any atom is -0.495 e. The Kier molecular flexibility index (Phi) is 3.61. The fraction of sp³-hybridized carbons (Fsp3) is 0.273. The van der Waals surface area contributed by atoms with Gasteiger partial charge in [0.1, 0.15) is 11.8 Å². The number of thioether (sulfide) groups is 1. The molecule has 1 unspecified atom stereocenters. The van der Waals surface area contributed by atoms with Gasteiger partial charge in [-0.15, -0.1) is 0 Å². The summed E-state index contributed by atoms with van der Waals surface area (Å²) in [6.07, 6.45) is 0. The molecule has 0 aliphatic carbocycles. The average molecular weight is 267 g/mol. The molecule has 1 fully saturated rings. The van der Waals surface area contributed by atoms with Crippen molar-refractivity contribution in [2.24, 2.45) is 0 Å². The first kappa shape index (κ1) is 12.6. The lowest BCUT2D eigenvalue weighted by molar-refractivity contribution is -0.117. The van der Waals surface area contributed by atoms with Crippen LogP contribution in [-0.2, 0) is 4.79 Å². The van der Waals surface area contributed by atoms with E-state index in [0.29, 0.717) is 22.9 Å². The van der Waals surface area contributed by atoms with Gasteiger partial charge in [-0.25, -0.2) is 0 Å². The molecule has 1 saturated heterocycles. The van der Waals surface area contributed by atoms with Crippen LogP contribution in [0.4, 0.5) is 16.2 Å². The van der Waals surface area contributed by atoms with Crippen LogP contribution in [0, 0.1) is 0 Å². The highest BCUT2D eigenvalue weighted by Gasteiger charge is 2.27. The Morgan fingerprint density at radius 2 is 2.39 bits per heavy atom. The zero-order chi connectivity index (χ0) is 13.1. The maximum absolute atomic E-state index is 11.8. The van der Waals surface area contributed by atoms with Crippen LogP contribution in [0.1, 0.15) is 0 Å². The smallest absolute Gasteiger partial charge is 0.279 e. The number of ether oxygens (including phenoxy) is 1. The summed E-state index contributed by atoms with van der Waals surface area (Å²) in [5, 5.41) is 5.10. The Morgan fingerprint density at radius 1 is 1.61 bits per heavy atom. The Labute approximate surface area is 108 Å². The fourth-order valence-corrected chi connectivity index (χ4v) is 2.32. The first-order valence-corrected chi connectivity index (χ1v) is 6.26. The molecule has 0 aromatic heterocycles. The Morgan fingerprint density at radius 3 is 3.00 bits per heavy atom. The summed E-state index contributed by atoms with van der Waals surface area (Å²) in [4.78, 5) is 22.8. The van der Waals surface area contributed by atoms with E-state index in [1.807, 2.05) is 0 Å². The molecule has 1 aromatic carbocycles. The van der Waals surface area contributed by atoms with Gasteiger partial charge in [-0.05, 0) is 12.1 Å². The molecule has 2 rings (SSSR count). The molecule has 96 valence electrons. The summed E-state index contributed by atoms with van der Waals surface area (Å²) in [6, 6.07) is 4.47. The molecule has 0 saturated carbocycles. The summed E-state index contributed by atoms with van der Waals surface area (Å²) in [5.74, 6) is 0.689. The molecule has 1 aliphatic heterocycles. The van der Waals surface area contributed by atoms with Gasteiger partial charge < -0.3 is 21.1 Å². The van der Waals surface area contributed by atoms with Crippen molar-refractivity contribution in [1.29, 1.82) is 0 Å². The number of benzene rings is 1. The maximum Gasteiger partial charge on any atom is 0.279 e. The SMILES string of the molecule is COc1cc(NC(=O)C2CSC(=O)N2)ccc1N. The molecular formula is C11H13N3O3S. The van der Waals surface area contributed by atoms with Gasteiger partial charge in [0, 0.05) is 17.5 Å². The highest BCUT2D eigenvalue weighted by Crippen LogP contribution is 2.25. The van der Waals surface area contributed by atoms with Crippen molar-refractivity contribution < 1.29 is 14.3 Å². The first-order chi connectivity index (χ1) is 8.60. The van der Waals surface area contributed by atoms with Crippen molar-refractivity contribution >= 4 is 34.3 Å². The van der Waals surface area contributed by atoms with Gasteiger partial charge in [0.15, 0.2) is 0 Å². The van der Waals surface area contributed by atoms with Crippen molar-refractivity contribution in [3.05, 3.63) is 18.2 Å². The van der Waals surface area contributed by atoms with E-state index in [4.69, 9.17) is 10.5 Å². The second kappa shape index (κ2) is 5.18. The van der Waals surface area contributed by atoms with E-state index < -0.39 is 6.04 Å². The average Bonchev–Trinajstić information content (AvgIpc) is 2.78. The molecule has 2 amide bonds. The number of anilines is 2. The fourth-order valence-electron chi connectivity index (χ4n) is 1.54. The van der Waals surface area contributed by atoms with Gasteiger partial charge in [-0.3, -0.25) is 9.59 Å². The van der Waals surface area contributed by atoms with Gasteiger partial charge in [-0.2, -0.15) is 0 Å². The van der Waals surface area contributed by atoms with Gasteiger partial charge >= 0.3 is 0 Å². The maximum atomic E-state index is 11.8. The van der Waals surface area contributed by atoms with Crippen molar-refractivity contribution in [3.8, 4) is 5.75 Å². The normalized spacial score (nSPS) is 18.3. The quantitative estimate of drug-likeness (QED) is 0.711. The molecule has 1 aromatic rings. The summed E-state index contributed by atoms with van der Waals surface area (Å²) in [5.41, 5.74) is 6.75. The van der Waals surface area contributed by atoms with E-state index in [1.54, 1.807) is 18.2 Å². The minimum absolute atomic E-state index is 0.176. The van der Waals surface area contributed by atoms with Crippen LogP contribution in [0.25, 0.3) is 0 Å². The largest absolute Gasteiger partial charge is 0.495 e. The zero-order valence-corrected chi connectivity index (χ0v) is 10.5. The lowest BCUT2D eigenvalue weighted by Gasteiger charge is -2.12. The predicted octanol–water partition coefficient (Wildman–Crippen LogP) is 1.04. The first-order valence-electron chi connectivity index (χ1n) is 5.28. The van der Waals surface area contributed by atoms with Gasteiger partial charge in [0.05, 0.1) is 12.8 Å². The zero-order valence-electron chi connectivity index (χ0n) is 9.73. The Balaban J connectivity index is 2.05. The molecule has 0 spiro atoms. The third-order valence-corrected chi connectivity index (χ3v) is 3.37. The molecule has 18 heavy (non-hydrogen) atoms. The van der Waals surface area contributed by atoms with E-state index in [2.05, 4.69) is 10.6 Å². The van der Waals surface area contributed by atoms with Gasteiger partial charge in [0.25, 0.3) is 5.24 Å². The number of nitrogens with one attached hydrogen (secondary N) is 2. The summed E-state index contributed by atoms with van der Waals surface area (Å²) >= 11 is 1.10. The van der Waals surface area contributed by atoms with Crippen LogP contribution in [0.15, 0.2) is 18.2 Å². The monoisotopic (exact) mass is 267 g/mol. The molecule has 1 atom stereocenters. The Bertz CT molecular complexity index is 492.